The first-order valence-electron chi connectivity index (χ1n) is 7.62. The molecule has 3 rings (SSSR count). The fourth-order valence-electron chi connectivity index (χ4n) is 2.92. The van der Waals surface area contributed by atoms with Gasteiger partial charge in [-0.2, -0.15) is 0 Å². The molecular formula is C15H16N4O5. The van der Waals surface area contributed by atoms with Gasteiger partial charge in [-0.25, -0.2) is 0 Å². The number of nitrogens with zero attached hydrogens (tertiary/aromatic N) is 2. The number of non-ortho nitro benzene ring substituents is 1. The topological polar surface area (TPSA) is 122 Å². The lowest BCUT2D eigenvalue weighted by atomic mass is 10.1. The first-order valence-corrected chi connectivity index (χ1v) is 7.62. The van der Waals surface area contributed by atoms with Crippen LogP contribution in [0.3, 0.4) is 0 Å². The number of benzene rings is 1. The van der Waals surface area contributed by atoms with E-state index in [1.165, 1.54) is 12.1 Å². The largest absolute Gasteiger partial charge is 0.352 e. The van der Waals surface area contributed by atoms with Gasteiger partial charge in [0, 0.05) is 18.2 Å². The lowest BCUT2D eigenvalue weighted by Gasteiger charge is -2.24. The summed E-state index contributed by atoms with van der Waals surface area (Å²) in [5, 5.41) is 16.8. The third-order valence-corrected chi connectivity index (χ3v) is 4.17. The van der Waals surface area contributed by atoms with E-state index in [1.54, 1.807) is 0 Å². The molecule has 0 spiro atoms. The molecule has 1 aromatic carbocycles. The molecule has 2 N–H and O–H groups in total. The fourth-order valence-corrected chi connectivity index (χ4v) is 2.92. The maximum atomic E-state index is 12.3. The van der Waals surface area contributed by atoms with E-state index in [2.05, 4.69) is 10.6 Å². The van der Waals surface area contributed by atoms with Crippen molar-refractivity contribution in [2.24, 2.45) is 0 Å². The van der Waals surface area contributed by atoms with Crippen molar-refractivity contribution in [3.8, 4) is 0 Å². The summed E-state index contributed by atoms with van der Waals surface area (Å²) < 4.78 is 0. The Balaban J connectivity index is 1.71. The third kappa shape index (κ3) is 2.98. The van der Waals surface area contributed by atoms with Crippen molar-refractivity contribution >= 4 is 23.4 Å². The number of piperidine rings is 1. The summed E-state index contributed by atoms with van der Waals surface area (Å²) in [4.78, 5) is 47.6. The van der Waals surface area contributed by atoms with E-state index < -0.39 is 22.6 Å². The second-order valence-electron chi connectivity index (χ2n) is 5.78. The number of imide groups is 1. The van der Waals surface area contributed by atoms with Crippen LogP contribution < -0.4 is 10.6 Å². The van der Waals surface area contributed by atoms with E-state index in [1.807, 2.05) is 0 Å². The predicted octanol–water partition coefficient (Wildman–Crippen LogP) is 0.0590. The van der Waals surface area contributed by atoms with Gasteiger partial charge < -0.3 is 10.6 Å². The fraction of sp³-hybridized carbons (Fsp3) is 0.400. The van der Waals surface area contributed by atoms with E-state index in [9.17, 15) is 24.5 Å². The molecule has 3 amide bonds. The second kappa shape index (κ2) is 6.36. The van der Waals surface area contributed by atoms with Crippen molar-refractivity contribution in [1.29, 1.82) is 0 Å². The number of hydrogen-bond acceptors (Lipinski definition) is 6. The highest BCUT2D eigenvalue weighted by atomic mass is 16.6. The molecule has 0 unspecified atom stereocenters. The minimum Gasteiger partial charge on any atom is -0.352 e. The van der Waals surface area contributed by atoms with Gasteiger partial charge in [-0.15, -0.1) is 0 Å². The van der Waals surface area contributed by atoms with Crippen LogP contribution in [-0.2, 0) is 4.79 Å². The SMILES string of the molecule is O=C(CN1C(=O)c2ccc([N+](=O)[O-])cc2C1=O)NC1CCNCC1. The highest BCUT2D eigenvalue weighted by molar-refractivity contribution is 6.22. The van der Waals surface area contributed by atoms with Crippen molar-refractivity contribution in [3.63, 3.8) is 0 Å². The van der Waals surface area contributed by atoms with Gasteiger partial charge >= 0.3 is 0 Å². The lowest BCUT2D eigenvalue weighted by molar-refractivity contribution is -0.384. The van der Waals surface area contributed by atoms with Gasteiger partial charge in [0.2, 0.25) is 5.91 Å². The number of carbonyl (C=O) groups excluding carboxylic acids is 3. The van der Waals surface area contributed by atoms with Crippen LogP contribution in [-0.4, -0.2) is 53.2 Å². The molecule has 0 aliphatic carbocycles. The zero-order chi connectivity index (χ0) is 17.3. The average molecular weight is 332 g/mol. The summed E-state index contributed by atoms with van der Waals surface area (Å²) in [7, 11) is 0. The predicted molar refractivity (Wildman–Crippen MR) is 82.5 cm³/mol. The Hall–Kier alpha value is -2.81. The number of nitrogens with one attached hydrogen (secondary N) is 2. The van der Waals surface area contributed by atoms with Crippen LogP contribution >= 0.6 is 0 Å². The summed E-state index contributed by atoms with van der Waals surface area (Å²) in [6, 6.07) is 3.51. The van der Waals surface area contributed by atoms with Crippen LogP contribution in [0.1, 0.15) is 33.6 Å². The molecule has 24 heavy (non-hydrogen) atoms. The quantitative estimate of drug-likeness (QED) is 0.457. The van der Waals surface area contributed by atoms with Gasteiger partial charge in [0.05, 0.1) is 16.1 Å². The van der Waals surface area contributed by atoms with Gasteiger partial charge in [0.25, 0.3) is 17.5 Å². The molecule has 2 aliphatic rings. The Labute approximate surface area is 137 Å². The number of nitro benzene ring substituents is 1. The molecule has 1 saturated heterocycles. The summed E-state index contributed by atoms with van der Waals surface area (Å²) in [5.74, 6) is -1.70. The van der Waals surface area contributed by atoms with Crippen LogP contribution in [0.25, 0.3) is 0 Å². The molecule has 2 aliphatic heterocycles. The number of nitro groups is 1. The molecule has 2 heterocycles. The van der Waals surface area contributed by atoms with Gasteiger partial charge in [0.1, 0.15) is 6.54 Å². The molecule has 1 aromatic rings. The maximum absolute atomic E-state index is 12.3. The molecule has 1 fully saturated rings. The third-order valence-electron chi connectivity index (χ3n) is 4.17. The number of hydrogen-bond donors (Lipinski definition) is 2. The smallest absolute Gasteiger partial charge is 0.270 e. The van der Waals surface area contributed by atoms with Crippen LogP contribution in [0.5, 0.6) is 0 Å². The van der Waals surface area contributed by atoms with Gasteiger partial charge in [0.15, 0.2) is 0 Å². The molecule has 9 nitrogen and oxygen atoms in total. The van der Waals surface area contributed by atoms with E-state index >= 15 is 0 Å². The first kappa shape index (κ1) is 16.1. The van der Waals surface area contributed by atoms with Gasteiger partial charge in [-0.3, -0.25) is 29.4 Å². The Morgan fingerprint density at radius 1 is 1.25 bits per heavy atom. The minimum atomic E-state index is -0.681. The van der Waals surface area contributed by atoms with Crippen molar-refractivity contribution < 1.29 is 19.3 Å². The minimum absolute atomic E-state index is 0.0232. The summed E-state index contributed by atoms with van der Waals surface area (Å²) in [5.41, 5.74) is -0.222. The summed E-state index contributed by atoms with van der Waals surface area (Å²) in [6.45, 7) is 1.23. The van der Waals surface area contributed by atoms with Crippen molar-refractivity contribution in [1.82, 2.24) is 15.5 Å². The first-order chi connectivity index (χ1) is 11.5. The molecule has 126 valence electrons. The Kier molecular flexibility index (Phi) is 4.26. The summed E-state index contributed by atoms with van der Waals surface area (Å²) >= 11 is 0. The van der Waals surface area contributed by atoms with E-state index in [0.717, 1.165) is 36.9 Å². The molecular weight excluding hydrogens is 316 g/mol. The lowest BCUT2D eigenvalue weighted by Crippen LogP contribution is -2.47. The molecule has 9 heteroatoms. The van der Waals surface area contributed by atoms with E-state index in [-0.39, 0.29) is 29.4 Å². The highest BCUT2D eigenvalue weighted by Gasteiger charge is 2.38. The zero-order valence-corrected chi connectivity index (χ0v) is 12.8. The normalized spacial score (nSPS) is 17.8. The average Bonchev–Trinajstić information content (AvgIpc) is 2.80. The number of fused-ring (bicyclic) bond motifs is 1. The molecule has 0 aromatic heterocycles. The monoisotopic (exact) mass is 332 g/mol. The van der Waals surface area contributed by atoms with Crippen LogP contribution in [0.2, 0.25) is 0 Å². The van der Waals surface area contributed by atoms with E-state index in [0.29, 0.717) is 0 Å². The Bertz CT molecular complexity index is 727. The number of amides is 3. The van der Waals surface area contributed by atoms with Crippen molar-refractivity contribution in [3.05, 3.63) is 39.4 Å². The van der Waals surface area contributed by atoms with Crippen molar-refractivity contribution in [2.75, 3.05) is 19.6 Å². The zero-order valence-electron chi connectivity index (χ0n) is 12.8. The van der Waals surface area contributed by atoms with Gasteiger partial charge in [-0.05, 0) is 32.0 Å². The molecule has 0 radical (unpaired) electrons. The Morgan fingerprint density at radius 2 is 1.92 bits per heavy atom. The standard InChI is InChI=1S/C15H16N4O5/c20-13(17-9-3-5-16-6-4-9)8-18-14(21)11-2-1-10(19(23)24)7-12(11)15(18)22/h1-2,7,9,16H,3-6,8H2,(H,17,20). The Morgan fingerprint density at radius 3 is 2.58 bits per heavy atom. The van der Waals surface area contributed by atoms with Gasteiger partial charge in [-0.1, -0.05) is 0 Å². The highest BCUT2D eigenvalue weighted by Crippen LogP contribution is 2.26. The van der Waals surface area contributed by atoms with Crippen LogP contribution in [0.15, 0.2) is 18.2 Å². The number of rotatable bonds is 4. The van der Waals surface area contributed by atoms with Crippen LogP contribution in [0, 0.1) is 10.1 Å². The van der Waals surface area contributed by atoms with E-state index in [4.69, 9.17) is 0 Å². The second-order valence-corrected chi connectivity index (χ2v) is 5.78. The summed E-state index contributed by atoms with van der Waals surface area (Å²) in [6.07, 6.45) is 1.58. The van der Waals surface area contributed by atoms with Crippen LogP contribution in [0.4, 0.5) is 5.69 Å². The molecule has 0 atom stereocenters. The molecule has 0 bridgehead atoms. The van der Waals surface area contributed by atoms with Crippen molar-refractivity contribution in [2.45, 2.75) is 18.9 Å². The number of carbonyl (C=O) groups is 3. The maximum Gasteiger partial charge on any atom is 0.270 e. The molecule has 0 saturated carbocycles.